The third-order valence-corrected chi connectivity index (χ3v) is 5.29. The normalized spacial score (nSPS) is 14.2. The Balaban J connectivity index is 1.50. The van der Waals surface area contributed by atoms with Gasteiger partial charge in [-0.25, -0.2) is 0 Å². The van der Waals surface area contributed by atoms with Crippen molar-refractivity contribution in [1.29, 1.82) is 0 Å². The van der Waals surface area contributed by atoms with E-state index in [1.807, 2.05) is 42.5 Å². The number of Topliss-reactive ketones (excluding diaryl/α,β-unsaturated/α-hetero) is 1. The average Bonchev–Trinajstić information content (AvgIpc) is 2.80. The molecule has 1 aliphatic carbocycles. The van der Waals surface area contributed by atoms with Gasteiger partial charge in [0, 0.05) is 23.3 Å². The Morgan fingerprint density at radius 2 is 1.77 bits per heavy atom. The minimum Gasteiger partial charge on any atom is -0.493 e. The summed E-state index contributed by atoms with van der Waals surface area (Å²) in [5.74, 6) is 1.18. The molecule has 0 amide bonds. The third kappa shape index (κ3) is 4.48. The van der Waals surface area contributed by atoms with Crippen molar-refractivity contribution in [3.05, 3.63) is 105 Å². The monoisotopic (exact) mass is 415 g/mol. The number of nitrogens with zero attached hydrogens (tertiary/aromatic N) is 1. The highest BCUT2D eigenvalue weighted by Crippen LogP contribution is 2.32. The number of aryl methyl sites for hydroxylation is 1. The van der Waals surface area contributed by atoms with Crippen LogP contribution in [0.4, 0.5) is 5.69 Å². The van der Waals surface area contributed by atoms with Crippen molar-refractivity contribution >= 4 is 17.5 Å². The van der Waals surface area contributed by atoms with Gasteiger partial charge in [0.15, 0.2) is 17.3 Å². The number of rotatable bonds is 6. The maximum atomic E-state index is 12.8. The highest BCUT2D eigenvalue weighted by molar-refractivity contribution is 6.13. The van der Waals surface area contributed by atoms with Crippen LogP contribution >= 0.6 is 0 Å². The summed E-state index contributed by atoms with van der Waals surface area (Å²) in [6.07, 6.45) is 3.46. The molecule has 0 bridgehead atoms. The smallest absolute Gasteiger partial charge is 0.269 e. The van der Waals surface area contributed by atoms with Crippen molar-refractivity contribution in [1.82, 2.24) is 0 Å². The number of non-ortho nitro benzene ring substituents is 1. The van der Waals surface area contributed by atoms with Crippen molar-refractivity contribution < 1.29 is 19.2 Å². The standard InChI is InChI=1S/C25H21NO5/c1-30-24-15-18(14-20-10-9-19-4-2-3-5-22(19)25(20)27)8-13-23(24)31-16-17-6-11-21(12-7-17)26(28)29/h2-8,11-15H,9-10,16H2,1H3. The second-order valence-electron chi connectivity index (χ2n) is 7.28. The number of nitro groups is 1. The largest absolute Gasteiger partial charge is 0.493 e. The maximum absolute atomic E-state index is 12.8. The van der Waals surface area contributed by atoms with Gasteiger partial charge in [0.05, 0.1) is 12.0 Å². The van der Waals surface area contributed by atoms with Crippen LogP contribution in [-0.2, 0) is 13.0 Å². The van der Waals surface area contributed by atoms with Gasteiger partial charge in [-0.3, -0.25) is 14.9 Å². The lowest BCUT2D eigenvalue weighted by molar-refractivity contribution is -0.384. The fourth-order valence-corrected chi connectivity index (χ4v) is 3.62. The van der Waals surface area contributed by atoms with Crippen molar-refractivity contribution in [2.45, 2.75) is 19.4 Å². The zero-order chi connectivity index (χ0) is 21.8. The molecule has 31 heavy (non-hydrogen) atoms. The van der Waals surface area contributed by atoms with Gasteiger partial charge in [0.2, 0.25) is 0 Å². The molecule has 0 fully saturated rings. The molecule has 0 saturated heterocycles. The molecule has 0 radical (unpaired) electrons. The summed E-state index contributed by atoms with van der Waals surface area (Å²) in [6.45, 7) is 0.254. The van der Waals surface area contributed by atoms with E-state index in [0.29, 0.717) is 17.9 Å². The van der Waals surface area contributed by atoms with Gasteiger partial charge in [0.1, 0.15) is 6.61 Å². The van der Waals surface area contributed by atoms with Gasteiger partial charge in [0.25, 0.3) is 5.69 Å². The molecule has 0 heterocycles. The summed E-state index contributed by atoms with van der Waals surface area (Å²) in [6, 6.07) is 19.5. The summed E-state index contributed by atoms with van der Waals surface area (Å²) in [5.41, 5.74) is 4.36. The summed E-state index contributed by atoms with van der Waals surface area (Å²) < 4.78 is 11.3. The summed E-state index contributed by atoms with van der Waals surface area (Å²) in [7, 11) is 1.56. The van der Waals surface area contributed by atoms with Crippen LogP contribution in [0.2, 0.25) is 0 Å². The van der Waals surface area contributed by atoms with Crippen molar-refractivity contribution in [3.8, 4) is 11.5 Å². The van der Waals surface area contributed by atoms with Crippen LogP contribution in [0, 0.1) is 10.1 Å². The number of fused-ring (bicyclic) bond motifs is 1. The minimum atomic E-state index is -0.434. The number of allylic oxidation sites excluding steroid dienone is 1. The molecule has 6 nitrogen and oxygen atoms in total. The van der Waals surface area contributed by atoms with Crippen LogP contribution in [0.15, 0.2) is 72.3 Å². The number of nitro benzene ring substituents is 1. The first-order valence-corrected chi connectivity index (χ1v) is 9.92. The summed E-state index contributed by atoms with van der Waals surface area (Å²) in [4.78, 5) is 23.1. The fourth-order valence-electron chi connectivity index (χ4n) is 3.62. The molecule has 156 valence electrons. The van der Waals surface area contributed by atoms with Crippen LogP contribution in [0.3, 0.4) is 0 Å². The van der Waals surface area contributed by atoms with Crippen molar-refractivity contribution in [3.63, 3.8) is 0 Å². The highest BCUT2D eigenvalue weighted by atomic mass is 16.6. The van der Waals surface area contributed by atoms with Gasteiger partial charge in [-0.05, 0) is 59.9 Å². The summed E-state index contributed by atoms with van der Waals surface area (Å²) >= 11 is 0. The SMILES string of the molecule is COc1cc(C=C2CCc3ccccc3C2=O)ccc1OCc1ccc([N+](=O)[O-])cc1. The number of benzene rings is 3. The number of ketones is 1. The zero-order valence-corrected chi connectivity index (χ0v) is 17.0. The van der Waals surface area contributed by atoms with E-state index in [-0.39, 0.29) is 18.1 Å². The molecule has 3 aromatic rings. The molecule has 0 saturated carbocycles. The van der Waals surface area contributed by atoms with E-state index in [2.05, 4.69) is 0 Å². The van der Waals surface area contributed by atoms with Crippen LogP contribution in [0.25, 0.3) is 6.08 Å². The first kappa shape index (κ1) is 20.3. The second-order valence-corrected chi connectivity index (χ2v) is 7.28. The topological polar surface area (TPSA) is 78.7 Å². The lowest BCUT2D eigenvalue weighted by Crippen LogP contribution is -2.13. The molecule has 4 rings (SSSR count). The first-order chi connectivity index (χ1) is 15.0. The van der Waals surface area contributed by atoms with E-state index in [4.69, 9.17) is 9.47 Å². The first-order valence-electron chi connectivity index (χ1n) is 9.92. The van der Waals surface area contributed by atoms with E-state index < -0.39 is 4.92 Å². The number of hydrogen-bond donors (Lipinski definition) is 0. The fraction of sp³-hybridized carbons (Fsp3) is 0.160. The number of carbonyl (C=O) groups is 1. The van der Waals surface area contributed by atoms with Crippen LogP contribution < -0.4 is 9.47 Å². The lowest BCUT2D eigenvalue weighted by atomic mass is 9.86. The molecule has 0 aliphatic heterocycles. The predicted molar refractivity (Wildman–Crippen MR) is 117 cm³/mol. The Morgan fingerprint density at radius 1 is 1.00 bits per heavy atom. The number of methoxy groups -OCH3 is 1. The van der Waals surface area contributed by atoms with Crippen LogP contribution in [0.5, 0.6) is 11.5 Å². The Hall–Kier alpha value is -3.93. The van der Waals surface area contributed by atoms with Gasteiger partial charge in [-0.15, -0.1) is 0 Å². The second kappa shape index (κ2) is 8.83. The average molecular weight is 415 g/mol. The predicted octanol–water partition coefficient (Wildman–Crippen LogP) is 5.39. The number of carbonyl (C=O) groups excluding carboxylic acids is 1. The molecule has 0 aromatic heterocycles. The van der Waals surface area contributed by atoms with Gasteiger partial charge in [-0.2, -0.15) is 0 Å². The summed E-state index contributed by atoms with van der Waals surface area (Å²) in [5, 5.41) is 10.8. The Kier molecular flexibility index (Phi) is 5.80. The van der Waals surface area contributed by atoms with Gasteiger partial charge < -0.3 is 9.47 Å². The molecule has 1 aliphatic rings. The quantitative estimate of drug-likeness (QED) is 0.306. The van der Waals surface area contributed by atoms with E-state index in [1.54, 1.807) is 25.3 Å². The lowest BCUT2D eigenvalue weighted by Gasteiger charge is -2.17. The Labute approximate surface area is 179 Å². The molecule has 6 heteroatoms. The Morgan fingerprint density at radius 3 is 2.52 bits per heavy atom. The van der Waals surface area contributed by atoms with Crippen LogP contribution in [-0.4, -0.2) is 17.8 Å². The maximum Gasteiger partial charge on any atom is 0.269 e. The molecule has 0 atom stereocenters. The van der Waals surface area contributed by atoms with Crippen molar-refractivity contribution in [2.24, 2.45) is 0 Å². The molecule has 0 unspecified atom stereocenters. The number of hydrogen-bond acceptors (Lipinski definition) is 5. The molecular weight excluding hydrogens is 394 g/mol. The van der Waals surface area contributed by atoms with Crippen molar-refractivity contribution in [2.75, 3.05) is 7.11 Å². The molecule has 0 N–H and O–H groups in total. The van der Waals surface area contributed by atoms with E-state index in [9.17, 15) is 14.9 Å². The molecular formula is C25H21NO5. The number of ether oxygens (including phenoxy) is 2. The van der Waals surface area contributed by atoms with E-state index >= 15 is 0 Å². The Bertz CT molecular complexity index is 1160. The van der Waals surface area contributed by atoms with Gasteiger partial charge >= 0.3 is 0 Å². The zero-order valence-electron chi connectivity index (χ0n) is 17.0. The van der Waals surface area contributed by atoms with Crippen LogP contribution in [0.1, 0.15) is 33.5 Å². The molecule has 0 spiro atoms. The van der Waals surface area contributed by atoms with Gasteiger partial charge in [-0.1, -0.05) is 30.3 Å². The third-order valence-electron chi connectivity index (χ3n) is 5.29. The van der Waals surface area contributed by atoms with E-state index in [0.717, 1.165) is 34.2 Å². The highest BCUT2D eigenvalue weighted by Gasteiger charge is 2.21. The minimum absolute atomic E-state index is 0.0404. The van der Waals surface area contributed by atoms with E-state index in [1.165, 1.54) is 12.1 Å². The molecule has 3 aromatic carbocycles.